The first-order valence-electron chi connectivity index (χ1n) is 10.8. The molecule has 6 nitrogen and oxygen atoms in total. The van der Waals surface area contributed by atoms with Crippen molar-refractivity contribution in [2.24, 2.45) is 0 Å². The molecule has 31 heavy (non-hydrogen) atoms. The van der Waals surface area contributed by atoms with Gasteiger partial charge in [0.2, 0.25) is 0 Å². The molecule has 1 fully saturated rings. The Morgan fingerprint density at radius 2 is 1.65 bits per heavy atom. The van der Waals surface area contributed by atoms with Gasteiger partial charge in [-0.05, 0) is 69.7 Å². The fourth-order valence-corrected chi connectivity index (χ4v) is 3.44. The fraction of sp³-hybridized carbons (Fsp3) is 0.440. The summed E-state index contributed by atoms with van der Waals surface area (Å²) in [5.41, 5.74) is 1.01. The third kappa shape index (κ3) is 7.31. The lowest BCUT2D eigenvalue weighted by Crippen LogP contribution is -2.39. The normalized spacial score (nSPS) is 15.2. The number of rotatable bonds is 7. The summed E-state index contributed by atoms with van der Waals surface area (Å²) in [7, 11) is 0. The maximum absolute atomic E-state index is 12.9. The maximum atomic E-state index is 12.9. The zero-order valence-electron chi connectivity index (χ0n) is 18.4. The van der Waals surface area contributed by atoms with Crippen LogP contribution in [0.3, 0.4) is 0 Å². The summed E-state index contributed by atoms with van der Waals surface area (Å²) in [4.78, 5) is 25.2. The van der Waals surface area contributed by atoms with E-state index < -0.39 is 23.7 Å². The van der Waals surface area contributed by atoms with Crippen molar-refractivity contribution in [3.63, 3.8) is 0 Å². The minimum atomic E-state index is -0.946. The van der Waals surface area contributed by atoms with Crippen molar-refractivity contribution in [2.45, 2.75) is 70.8 Å². The van der Waals surface area contributed by atoms with Crippen molar-refractivity contribution in [1.29, 1.82) is 0 Å². The largest absolute Gasteiger partial charge is 0.489 e. The van der Waals surface area contributed by atoms with Crippen LogP contribution in [0.15, 0.2) is 54.6 Å². The third-order valence-corrected chi connectivity index (χ3v) is 4.94. The highest BCUT2D eigenvalue weighted by atomic mass is 16.6. The molecule has 0 radical (unpaired) electrons. The molecule has 0 aromatic heterocycles. The van der Waals surface area contributed by atoms with Gasteiger partial charge in [-0.15, -0.1) is 0 Å². The number of benzene rings is 2. The highest BCUT2D eigenvalue weighted by Gasteiger charge is 2.30. The predicted molar refractivity (Wildman–Crippen MR) is 118 cm³/mol. The van der Waals surface area contributed by atoms with Crippen LogP contribution in [-0.2, 0) is 20.9 Å². The van der Waals surface area contributed by atoms with Crippen molar-refractivity contribution in [1.82, 2.24) is 5.32 Å². The summed E-state index contributed by atoms with van der Waals surface area (Å²) < 4.78 is 16.8. The summed E-state index contributed by atoms with van der Waals surface area (Å²) in [6, 6.07) is 16.0. The van der Waals surface area contributed by atoms with Crippen LogP contribution in [0.5, 0.6) is 5.75 Å². The minimum Gasteiger partial charge on any atom is -0.489 e. The van der Waals surface area contributed by atoms with E-state index in [-0.39, 0.29) is 6.10 Å². The number of carbonyl (C=O) groups excluding carboxylic acids is 2. The van der Waals surface area contributed by atoms with E-state index in [1.54, 1.807) is 45.0 Å². The Morgan fingerprint density at radius 1 is 1.00 bits per heavy atom. The smallest absolute Gasteiger partial charge is 0.408 e. The Morgan fingerprint density at radius 3 is 2.26 bits per heavy atom. The van der Waals surface area contributed by atoms with Gasteiger partial charge in [-0.2, -0.15) is 0 Å². The molecule has 1 aliphatic carbocycles. The Hall–Kier alpha value is -3.02. The standard InChI is InChI=1S/C25H31NO5/c1-25(2,3)31-24(28)26-22(23(27)30-21-11-7-8-12-21)19-13-15-20(16-14-19)29-17-18-9-5-4-6-10-18/h4-6,9-10,13-16,21-22H,7-8,11-12,17H2,1-3H3,(H,26,28). The average Bonchev–Trinajstić information content (AvgIpc) is 3.23. The van der Waals surface area contributed by atoms with Crippen LogP contribution < -0.4 is 10.1 Å². The Labute approximate surface area is 183 Å². The molecule has 1 N–H and O–H groups in total. The van der Waals surface area contributed by atoms with E-state index >= 15 is 0 Å². The van der Waals surface area contributed by atoms with Crippen molar-refractivity contribution in [3.05, 3.63) is 65.7 Å². The molecule has 1 saturated carbocycles. The molecule has 166 valence electrons. The predicted octanol–water partition coefficient (Wildman–Crippen LogP) is 5.32. The van der Waals surface area contributed by atoms with Crippen molar-refractivity contribution >= 4 is 12.1 Å². The van der Waals surface area contributed by atoms with Gasteiger partial charge in [-0.1, -0.05) is 42.5 Å². The first-order chi connectivity index (χ1) is 14.8. The van der Waals surface area contributed by atoms with E-state index in [2.05, 4.69) is 5.32 Å². The highest BCUT2D eigenvalue weighted by Crippen LogP contribution is 2.25. The average molecular weight is 426 g/mol. The lowest BCUT2D eigenvalue weighted by atomic mass is 10.1. The Balaban J connectivity index is 1.69. The number of hydrogen-bond acceptors (Lipinski definition) is 5. The molecule has 2 aromatic rings. The van der Waals surface area contributed by atoms with Gasteiger partial charge in [0.05, 0.1) is 0 Å². The monoisotopic (exact) mass is 425 g/mol. The molecule has 0 spiro atoms. The number of carbonyl (C=O) groups is 2. The lowest BCUT2D eigenvalue weighted by Gasteiger charge is -2.24. The molecule has 3 rings (SSSR count). The van der Waals surface area contributed by atoms with Crippen LogP contribution in [0.4, 0.5) is 4.79 Å². The topological polar surface area (TPSA) is 73.9 Å². The molecule has 0 aliphatic heterocycles. The van der Waals surface area contributed by atoms with E-state index in [0.717, 1.165) is 31.2 Å². The number of amides is 1. The third-order valence-electron chi connectivity index (χ3n) is 4.94. The molecule has 1 aliphatic rings. The zero-order chi connectivity index (χ0) is 22.3. The number of hydrogen-bond donors (Lipinski definition) is 1. The van der Waals surface area contributed by atoms with Crippen molar-refractivity contribution in [2.75, 3.05) is 0 Å². The molecule has 0 heterocycles. The summed E-state index contributed by atoms with van der Waals surface area (Å²) in [6.45, 7) is 5.77. The molecule has 0 bridgehead atoms. The van der Waals surface area contributed by atoms with Crippen LogP contribution in [0.1, 0.15) is 63.6 Å². The van der Waals surface area contributed by atoms with Gasteiger partial charge in [0, 0.05) is 0 Å². The summed E-state index contributed by atoms with van der Waals surface area (Å²) in [5.74, 6) is 0.198. The summed E-state index contributed by atoms with van der Waals surface area (Å²) in [6.07, 6.45) is 3.06. The van der Waals surface area contributed by atoms with Gasteiger partial charge in [0.15, 0.2) is 6.04 Å². The Kier molecular flexibility index (Phi) is 7.55. The van der Waals surface area contributed by atoms with Crippen LogP contribution in [0, 0.1) is 0 Å². The number of alkyl carbamates (subject to hydrolysis) is 1. The van der Waals surface area contributed by atoms with Crippen LogP contribution in [0.25, 0.3) is 0 Å². The van der Waals surface area contributed by atoms with Gasteiger partial charge in [-0.3, -0.25) is 0 Å². The van der Waals surface area contributed by atoms with E-state index in [9.17, 15) is 9.59 Å². The van der Waals surface area contributed by atoms with Gasteiger partial charge in [0.25, 0.3) is 0 Å². The van der Waals surface area contributed by atoms with E-state index in [1.165, 1.54) is 0 Å². The summed E-state index contributed by atoms with van der Waals surface area (Å²) in [5, 5.41) is 2.66. The van der Waals surface area contributed by atoms with Crippen LogP contribution in [-0.4, -0.2) is 23.8 Å². The van der Waals surface area contributed by atoms with Gasteiger partial charge in [-0.25, -0.2) is 9.59 Å². The molecule has 1 unspecified atom stereocenters. The van der Waals surface area contributed by atoms with Gasteiger partial charge >= 0.3 is 12.1 Å². The van der Waals surface area contributed by atoms with Gasteiger partial charge in [0.1, 0.15) is 24.1 Å². The second-order valence-electron chi connectivity index (χ2n) is 8.77. The lowest BCUT2D eigenvalue weighted by molar-refractivity contribution is -0.151. The SMILES string of the molecule is CC(C)(C)OC(=O)NC(C(=O)OC1CCCC1)c1ccc(OCc2ccccc2)cc1. The molecule has 2 aromatic carbocycles. The first-order valence-corrected chi connectivity index (χ1v) is 10.8. The minimum absolute atomic E-state index is 0.0936. The second-order valence-corrected chi connectivity index (χ2v) is 8.77. The second kappa shape index (κ2) is 10.3. The summed E-state index contributed by atoms with van der Waals surface area (Å²) >= 11 is 0. The highest BCUT2D eigenvalue weighted by molar-refractivity contribution is 5.83. The molecule has 1 atom stereocenters. The van der Waals surface area contributed by atoms with Crippen LogP contribution >= 0.6 is 0 Å². The van der Waals surface area contributed by atoms with Gasteiger partial charge < -0.3 is 19.5 Å². The Bertz CT molecular complexity index is 852. The molecule has 0 saturated heterocycles. The molecule has 1 amide bonds. The fourth-order valence-electron chi connectivity index (χ4n) is 3.44. The zero-order valence-corrected chi connectivity index (χ0v) is 18.4. The number of nitrogens with one attached hydrogen (secondary N) is 1. The van der Waals surface area contributed by atoms with Crippen molar-refractivity contribution in [3.8, 4) is 5.75 Å². The maximum Gasteiger partial charge on any atom is 0.408 e. The van der Waals surface area contributed by atoms with Crippen molar-refractivity contribution < 1.29 is 23.8 Å². The molecule has 6 heteroatoms. The van der Waals surface area contributed by atoms with E-state index in [1.807, 2.05) is 30.3 Å². The van der Waals surface area contributed by atoms with Crippen LogP contribution in [0.2, 0.25) is 0 Å². The molecular formula is C25H31NO5. The quantitative estimate of drug-likeness (QED) is 0.608. The molecular weight excluding hydrogens is 394 g/mol. The number of ether oxygens (including phenoxy) is 3. The van der Waals surface area contributed by atoms with E-state index in [0.29, 0.717) is 17.9 Å². The first kappa shape index (κ1) is 22.7. The van der Waals surface area contributed by atoms with E-state index in [4.69, 9.17) is 14.2 Å². The number of esters is 1.